The molecule has 2 aliphatic rings. The zero-order valence-electron chi connectivity index (χ0n) is 9.21. The minimum absolute atomic E-state index is 0.220. The van der Waals surface area contributed by atoms with Gasteiger partial charge in [-0.15, -0.1) is 0 Å². The Hall–Kier alpha value is -0.0800. The third-order valence-corrected chi connectivity index (χ3v) is 4.02. The van der Waals surface area contributed by atoms with Crippen molar-refractivity contribution in [1.82, 2.24) is 5.32 Å². The zero-order valence-corrected chi connectivity index (χ0v) is 9.21. The lowest BCUT2D eigenvalue weighted by Crippen LogP contribution is -2.46. The standard InChI is InChI=1S/C12H23NO/c1-9-5-7-11(8-6-9)13-12(14)10-3-2-4-10/h9-14H,2-8H2,1H3. The van der Waals surface area contributed by atoms with E-state index in [1.165, 1.54) is 44.9 Å². The summed E-state index contributed by atoms with van der Waals surface area (Å²) < 4.78 is 0. The van der Waals surface area contributed by atoms with Crippen molar-refractivity contribution in [1.29, 1.82) is 0 Å². The van der Waals surface area contributed by atoms with Gasteiger partial charge in [0.25, 0.3) is 0 Å². The minimum Gasteiger partial charge on any atom is -0.378 e. The summed E-state index contributed by atoms with van der Waals surface area (Å²) in [7, 11) is 0. The van der Waals surface area contributed by atoms with E-state index in [9.17, 15) is 5.11 Å². The number of nitrogens with one attached hydrogen (secondary N) is 1. The normalized spacial score (nSPS) is 36.4. The highest BCUT2D eigenvalue weighted by atomic mass is 16.3. The molecule has 0 aromatic carbocycles. The molecule has 0 aromatic rings. The van der Waals surface area contributed by atoms with Crippen LogP contribution in [0.5, 0.6) is 0 Å². The van der Waals surface area contributed by atoms with E-state index in [1.54, 1.807) is 0 Å². The Morgan fingerprint density at radius 3 is 2.21 bits per heavy atom. The molecule has 0 bridgehead atoms. The maximum Gasteiger partial charge on any atom is 0.107 e. The van der Waals surface area contributed by atoms with Crippen LogP contribution >= 0.6 is 0 Å². The predicted molar refractivity (Wildman–Crippen MR) is 57.9 cm³/mol. The van der Waals surface area contributed by atoms with Crippen LogP contribution in [0.25, 0.3) is 0 Å². The molecule has 14 heavy (non-hydrogen) atoms. The first-order valence-corrected chi connectivity index (χ1v) is 6.20. The van der Waals surface area contributed by atoms with Crippen molar-refractivity contribution in [3.05, 3.63) is 0 Å². The molecule has 0 saturated heterocycles. The van der Waals surface area contributed by atoms with Gasteiger partial charge in [0.2, 0.25) is 0 Å². The van der Waals surface area contributed by atoms with Crippen LogP contribution < -0.4 is 5.32 Å². The molecule has 0 radical (unpaired) electrons. The van der Waals surface area contributed by atoms with Gasteiger partial charge in [-0.1, -0.05) is 13.3 Å². The fourth-order valence-corrected chi connectivity index (χ4v) is 2.56. The van der Waals surface area contributed by atoms with Crippen molar-refractivity contribution in [3.63, 3.8) is 0 Å². The molecule has 82 valence electrons. The zero-order chi connectivity index (χ0) is 9.97. The van der Waals surface area contributed by atoms with Gasteiger partial charge in [0.05, 0.1) is 0 Å². The molecule has 0 amide bonds. The summed E-state index contributed by atoms with van der Waals surface area (Å²) in [6, 6.07) is 0.585. The van der Waals surface area contributed by atoms with Crippen LogP contribution in [0, 0.1) is 11.8 Å². The average molecular weight is 197 g/mol. The van der Waals surface area contributed by atoms with Gasteiger partial charge in [-0.05, 0) is 50.4 Å². The fourth-order valence-electron chi connectivity index (χ4n) is 2.56. The van der Waals surface area contributed by atoms with Crippen LogP contribution in [0.1, 0.15) is 51.9 Å². The van der Waals surface area contributed by atoms with Crippen LogP contribution in [-0.2, 0) is 0 Å². The highest BCUT2D eigenvalue weighted by molar-refractivity contribution is 4.81. The monoisotopic (exact) mass is 197 g/mol. The minimum atomic E-state index is -0.220. The SMILES string of the molecule is CC1CCC(NC(O)C2CCC2)CC1. The molecule has 2 nitrogen and oxygen atoms in total. The second kappa shape index (κ2) is 4.63. The molecule has 2 fully saturated rings. The van der Waals surface area contributed by atoms with Crippen molar-refractivity contribution < 1.29 is 5.11 Å². The van der Waals surface area contributed by atoms with Crippen LogP contribution in [0.2, 0.25) is 0 Å². The smallest absolute Gasteiger partial charge is 0.107 e. The van der Waals surface area contributed by atoms with Crippen LogP contribution in [0.4, 0.5) is 0 Å². The average Bonchev–Trinajstić information content (AvgIpc) is 2.06. The Balaban J connectivity index is 1.68. The van der Waals surface area contributed by atoms with Crippen molar-refractivity contribution >= 4 is 0 Å². The van der Waals surface area contributed by atoms with Crippen molar-refractivity contribution in [2.45, 2.75) is 64.1 Å². The molecule has 2 heteroatoms. The van der Waals surface area contributed by atoms with E-state index in [0.717, 1.165) is 5.92 Å². The second-order valence-corrected chi connectivity index (χ2v) is 5.26. The summed E-state index contributed by atoms with van der Waals surface area (Å²) in [5.74, 6) is 1.45. The molecular weight excluding hydrogens is 174 g/mol. The van der Waals surface area contributed by atoms with E-state index in [0.29, 0.717) is 12.0 Å². The molecule has 0 spiro atoms. The van der Waals surface area contributed by atoms with Gasteiger partial charge in [0.15, 0.2) is 0 Å². The lowest BCUT2D eigenvalue weighted by Gasteiger charge is -2.35. The third-order valence-electron chi connectivity index (χ3n) is 4.02. The van der Waals surface area contributed by atoms with Gasteiger partial charge in [0.1, 0.15) is 6.23 Å². The highest BCUT2D eigenvalue weighted by Gasteiger charge is 2.28. The first-order chi connectivity index (χ1) is 6.75. The van der Waals surface area contributed by atoms with Crippen LogP contribution in [0.3, 0.4) is 0 Å². The maximum atomic E-state index is 9.88. The Morgan fingerprint density at radius 1 is 1.07 bits per heavy atom. The summed E-state index contributed by atoms with van der Waals surface area (Å²) in [6.07, 6.45) is 8.70. The fraction of sp³-hybridized carbons (Fsp3) is 1.00. The van der Waals surface area contributed by atoms with E-state index in [-0.39, 0.29) is 6.23 Å². The second-order valence-electron chi connectivity index (χ2n) is 5.26. The Morgan fingerprint density at radius 2 is 1.71 bits per heavy atom. The van der Waals surface area contributed by atoms with E-state index in [4.69, 9.17) is 0 Å². The van der Waals surface area contributed by atoms with Gasteiger partial charge in [0, 0.05) is 6.04 Å². The van der Waals surface area contributed by atoms with Gasteiger partial charge in [-0.25, -0.2) is 0 Å². The van der Waals surface area contributed by atoms with Gasteiger partial charge < -0.3 is 5.11 Å². The molecule has 2 aliphatic carbocycles. The molecule has 0 aliphatic heterocycles. The lowest BCUT2D eigenvalue weighted by molar-refractivity contribution is 0.0199. The lowest BCUT2D eigenvalue weighted by atomic mass is 9.82. The predicted octanol–water partition coefficient (Wildman–Crippen LogP) is 2.27. The quantitative estimate of drug-likeness (QED) is 0.680. The van der Waals surface area contributed by atoms with Crippen molar-refractivity contribution in [2.75, 3.05) is 0 Å². The Kier molecular flexibility index (Phi) is 3.45. The summed E-state index contributed by atoms with van der Waals surface area (Å²) in [5.41, 5.74) is 0. The van der Waals surface area contributed by atoms with Crippen LogP contribution in [-0.4, -0.2) is 17.4 Å². The third kappa shape index (κ3) is 2.48. The van der Waals surface area contributed by atoms with E-state index in [2.05, 4.69) is 12.2 Å². The summed E-state index contributed by atoms with van der Waals surface area (Å²) in [6.45, 7) is 2.33. The first-order valence-electron chi connectivity index (χ1n) is 6.20. The summed E-state index contributed by atoms with van der Waals surface area (Å²) >= 11 is 0. The van der Waals surface area contributed by atoms with Gasteiger partial charge >= 0.3 is 0 Å². The van der Waals surface area contributed by atoms with Crippen molar-refractivity contribution in [3.8, 4) is 0 Å². The Labute approximate surface area is 87.1 Å². The molecule has 2 rings (SSSR count). The van der Waals surface area contributed by atoms with E-state index in [1.807, 2.05) is 0 Å². The van der Waals surface area contributed by atoms with Crippen molar-refractivity contribution in [2.24, 2.45) is 11.8 Å². The maximum absolute atomic E-state index is 9.88. The number of hydrogen-bond donors (Lipinski definition) is 2. The molecule has 0 aromatic heterocycles. The topological polar surface area (TPSA) is 32.3 Å². The van der Waals surface area contributed by atoms with Crippen LogP contribution in [0.15, 0.2) is 0 Å². The molecular formula is C12H23NO. The number of aliphatic hydroxyl groups is 1. The molecule has 2 saturated carbocycles. The summed E-state index contributed by atoms with van der Waals surface area (Å²) in [5, 5.41) is 13.3. The van der Waals surface area contributed by atoms with Gasteiger partial charge in [-0.2, -0.15) is 0 Å². The number of aliphatic hydroxyl groups excluding tert-OH is 1. The van der Waals surface area contributed by atoms with E-state index >= 15 is 0 Å². The molecule has 1 unspecified atom stereocenters. The highest BCUT2D eigenvalue weighted by Crippen LogP contribution is 2.30. The molecule has 1 atom stereocenters. The molecule has 0 heterocycles. The Bertz CT molecular complexity index is 171. The van der Waals surface area contributed by atoms with E-state index < -0.39 is 0 Å². The summed E-state index contributed by atoms with van der Waals surface area (Å²) in [4.78, 5) is 0. The first kappa shape index (κ1) is 10.4. The van der Waals surface area contributed by atoms with Gasteiger partial charge in [-0.3, -0.25) is 5.32 Å². The molecule has 2 N–H and O–H groups in total. The number of rotatable bonds is 3. The number of hydrogen-bond acceptors (Lipinski definition) is 2. The largest absolute Gasteiger partial charge is 0.378 e.